The van der Waals surface area contributed by atoms with Gasteiger partial charge in [0.2, 0.25) is 0 Å². The lowest BCUT2D eigenvalue weighted by atomic mass is 9.47. The molecule has 0 N–H and O–H groups in total. The number of esters is 1. The Morgan fingerprint density at radius 2 is 1.90 bits per heavy atom. The molecule has 174 valence electrons. The number of ether oxygens (including phenoxy) is 1. The van der Waals surface area contributed by atoms with Crippen LogP contribution in [0.2, 0.25) is 0 Å². The lowest BCUT2D eigenvalue weighted by Gasteiger charge is -2.58. The maximum absolute atomic E-state index is 11.5. The minimum atomic E-state index is -0.118. The molecule has 0 aromatic carbocycles. The fourth-order valence-corrected chi connectivity index (χ4v) is 8.77. The molecule has 4 aliphatic rings. The van der Waals surface area contributed by atoms with Crippen molar-refractivity contribution in [3.8, 4) is 0 Å². The Morgan fingerprint density at radius 1 is 1.13 bits per heavy atom. The summed E-state index contributed by atoms with van der Waals surface area (Å²) in [5.74, 6) is 4.24. The highest BCUT2D eigenvalue weighted by Gasteiger charge is 2.59. The van der Waals surface area contributed by atoms with Gasteiger partial charge in [0, 0.05) is 13.3 Å². The third-order valence-electron chi connectivity index (χ3n) is 10.3. The minimum Gasteiger partial charge on any atom is -0.462 e. The number of carbonyl (C=O) groups is 1. The summed E-state index contributed by atoms with van der Waals surface area (Å²) >= 11 is 0. The highest BCUT2D eigenvalue weighted by atomic mass is 16.5. The van der Waals surface area contributed by atoms with E-state index in [1.54, 1.807) is 12.5 Å². The second-order valence-corrected chi connectivity index (χ2v) is 12.3. The molecule has 0 unspecified atom stereocenters. The molecule has 3 saturated carbocycles. The summed E-state index contributed by atoms with van der Waals surface area (Å²) in [6.45, 7) is 13.8. The van der Waals surface area contributed by atoms with Gasteiger partial charge in [-0.05, 0) is 112 Å². The number of hydrogen-bond donors (Lipinski definition) is 0. The topological polar surface area (TPSA) is 26.3 Å². The van der Waals surface area contributed by atoms with Crippen molar-refractivity contribution in [3.63, 3.8) is 0 Å². The monoisotopic (exact) mass is 426 g/mol. The average Bonchev–Trinajstić information content (AvgIpc) is 3.05. The van der Waals surface area contributed by atoms with Gasteiger partial charge in [0.15, 0.2) is 0 Å². The maximum atomic E-state index is 11.5. The SMILES string of the molecule is CC(=O)O[C@H]1CC[C@@]2(C)C(=CC[C@@H]3[C@H]2CC[C@]2(C)[C@H]3CC[C@H]2[C@@H](C)CCC=C(C)C)C1. The number of hydrogen-bond acceptors (Lipinski definition) is 2. The van der Waals surface area contributed by atoms with Crippen LogP contribution in [0.4, 0.5) is 0 Å². The zero-order chi connectivity index (χ0) is 22.4. The number of carbonyl (C=O) groups excluding carboxylic acids is 1. The van der Waals surface area contributed by atoms with E-state index in [1.807, 2.05) is 0 Å². The molecule has 0 heterocycles. The molecule has 0 aliphatic heterocycles. The van der Waals surface area contributed by atoms with Gasteiger partial charge in [-0.15, -0.1) is 0 Å². The van der Waals surface area contributed by atoms with E-state index in [-0.39, 0.29) is 12.1 Å². The van der Waals surface area contributed by atoms with Gasteiger partial charge in [0.05, 0.1) is 0 Å². The van der Waals surface area contributed by atoms with E-state index < -0.39 is 0 Å². The molecule has 0 saturated heterocycles. The van der Waals surface area contributed by atoms with E-state index in [9.17, 15) is 4.79 Å². The molecule has 2 nitrogen and oxygen atoms in total. The number of rotatable bonds is 5. The Balaban J connectivity index is 1.48. The molecule has 0 aromatic rings. The van der Waals surface area contributed by atoms with Gasteiger partial charge in [-0.3, -0.25) is 4.79 Å². The Kier molecular flexibility index (Phi) is 6.50. The first kappa shape index (κ1) is 23.1. The van der Waals surface area contributed by atoms with Crippen molar-refractivity contribution in [2.24, 2.45) is 40.4 Å². The molecule has 31 heavy (non-hydrogen) atoms. The van der Waals surface area contributed by atoms with Crippen molar-refractivity contribution < 1.29 is 9.53 Å². The third kappa shape index (κ3) is 4.18. The molecule has 0 radical (unpaired) electrons. The molecule has 2 heteroatoms. The van der Waals surface area contributed by atoms with Gasteiger partial charge < -0.3 is 4.74 Å². The van der Waals surface area contributed by atoms with E-state index in [0.717, 1.165) is 42.4 Å². The molecule has 0 aromatic heterocycles. The summed E-state index contributed by atoms with van der Waals surface area (Å²) < 4.78 is 5.61. The quantitative estimate of drug-likeness (QED) is 0.330. The summed E-state index contributed by atoms with van der Waals surface area (Å²) in [7, 11) is 0. The van der Waals surface area contributed by atoms with Crippen molar-refractivity contribution in [2.45, 2.75) is 112 Å². The van der Waals surface area contributed by atoms with E-state index in [1.165, 1.54) is 56.9 Å². The number of allylic oxidation sites excluding steroid dienone is 3. The molecule has 8 atom stereocenters. The van der Waals surface area contributed by atoms with Crippen molar-refractivity contribution in [1.82, 2.24) is 0 Å². The molecule has 3 fully saturated rings. The van der Waals surface area contributed by atoms with Gasteiger partial charge in [0.1, 0.15) is 6.10 Å². The lowest BCUT2D eigenvalue weighted by Crippen LogP contribution is -2.51. The van der Waals surface area contributed by atoms with Gasteiger partial charge >= 0.3 is 5.97 Å². The van der Waals surface area contributed by atoms with E-state index in [4.69, 9.17) is 4.74 Å². The van der Waals surface area contributed by atoms with Gasteiger partial charge in [-0.25, -0.2) is 0 Å². The van der Waals surface area contributed by atoms with Gasteiger partial charge in [0.25, 0.3) is 0 Å². The van der Waals surface area contributed by atoms with Crippen LogP contribution in [-0.4, -0.2) is 12.1 Å². The van der Waals surface area contributed by atoms with E-state index in [2.05, 4.69) is 46.8 Å². The molecular formula is C29H46O2. The Hall–Kier alpha value is -1.05. The van der Waals surface area contributed by atoms with Crippen molar-refractivity contribution >= 4 is 5.97 Å². The first-order valence-corrected chi connectivity index (χ1v) is 13.1. The molecular weight excluding hydrogens is 380 g/mol. The number of fused-ring (bicyclic) bond motifs is 5. The second-order valence-electron chi connectivity index (χ2n) is 12.3. The minimum absolute atomic E-state index is 0.111. The summed E-state index contributed by atoms with van der Waals surface area (Å²) in [4.78, 5) is 11.5. The van der Waals surface area contributed by atoms with Crippen molar-refractivity contribution in [2.75, 3.05) is 0 Å². The smallest absolute Gasteiger partial charge is 0.302 e. The Bertz CT molecular complexity index is 744. The summed E-state index contributed by atoms with van der Waals surface area (Å²) in [6.07, 6.45) is 17.9. The van der Waals surface area contributed by atoms with Crippen LogP contribution < -0.4 is 0 Å². The molecule has 0 amide bonds. The fourth-order valence-electron chi connectivity index (χ4n) is 8.77. The predicted octanol–water partition coefficient (Wildman–Crippen LogP) is 7.88. The summed E-state index contributed by atoms with van der Waals surface area (Å²) in [6, 6.07) is 0. The van der Waals surface area contributed by atoms with Crippen LogP contribution >= 0.6 is 0 Å². The largest absolute Gasteiger partial charge is 0.462 e. The second kappa shape index (κ2) is 8.71. The van der Waals surface area contributed by atoms with Gasteiger partial charge in [-0.2, -0.15) is 0 Å². The van der Waals surface area contributed by atoms with Crippen LogP contribution in [0.1, 0.15) is 106 Å². The normalized spacial score (nSPS) is 42.5. The Labute approximate surface area is 191 Å². The van der Waals surface area contributed by atoms with E-state index >= 15 is 0 Å². The maximum Gasteiger partial charge on any atom is 0.302 e. The predicted molar refractivity (Wildman–Crippen MR) is 129 cm³/mol. The van der Waals surface area contributed by atoms with Crippen LogP contribution in [0.5, 0.6) is 0 Å². The fraction of sp³-hybridized carbons (Fsp3) is 0.828. The van der Waals surface area contributed by atoms with Gasteiger partial charge in [-0.1, -0.05) is 44.1 Å². The molecule has 0 spiro atoms. The third-order valence-corrected chi connectivity index (χ3v) is 10.3. The average molecular weight is 427 g/mol. The highest BCUT2D eigenvalue weighted by molar-refractivity contribution is 5.66. The highest BCUT2D eigenvalue weighted by Crippen LogP contribution is 2.67. The molecule has 0 bridgehead atoms. The first-order chi connectivity index (χ1) is 14.6. The molecule has 4 aliphatic carbocycles. The Morgan fingerprint density at radius 3 is 2.61 bits per heavy atom. The van der Waals surface area contributed by atoms with E-state index in [0.29, 0.717) is 10.8 Å². The van der Waals surface area contributed by atoms with Crippen molar-refractivity contribution in [1.29, 1.82) is 0 Å². The van der Waals surface area contributed by atoms with Crippen LogP contribution in [0.3, 0.4) is 0 Å². The zero-order valence-corrected chi connectivity index (χ0v) is 21.0. The van der Waals surface area contributed by atoms with Crippen LogP contribution in [0.25, 0.3) is 0 Å². The molecule has 4 rings (SSSR count). The van der Waals surface area contributed by atoms with Crippen LogP contribution in [-0.2, 0) is 9.53 Å². The van der Waals surface area contributed by atoms with Crippen molar-refractivity contribution in [3.05, 3.63) is 23.3 Å². The van der Waals surface area contributed by atoms with Crippen LogP contribution in [0.15, 0.2) is 23.3 Å². The first-order valence-electron chi connectivity index (χ1n) is 13.1. The lowest BCUT2D eigenvalue weighted by molar-refractivity contribution is -0.148. The summed E-state index contributed by atoms with van der Waals surface area (Å²) in [5, 5.41) is 0. The summed E-state index contributed by atoms with van der Waals surface area (Å²) in [5.41, 5.74) is 3.96. The zero-order valence-electron chi connectivity index (χ0n) is 21.0. The standard InChI is InChI=1S/C29H46O2/c1-19(2)8-7-9-20(3)25-12-13-26-24-11-10-22-18-23(31-21(4)30)14-16-28(22,5)27(24)15-17-29(25,26)6/h8,10,20,23-27H,7,9,11-18H2,1-6H3/t20-,23-,24-,25-,26-,27+,28-,29-/m0/s1. The van der Waals surface area contributed by atoms with Crippen LogP contribution in [0, 0.1) is 40.4 Å².